The van der Waals surface area contributed by atoms with E-state index in [1.165, 1.54) is 0 Å². The van der Waals surface area contributed by atoms with Crippen LogP contribution < -0.4 is 4.74 Å². The highest BCUT2D eigenvalue weighted by Gasteiger charge is 2.55. The zero-order chi connectivity index (χ0) is 11.6. The Morgan fingerprint density at radius 2 is 2.06 bits per heavy atom. The van der Waals surface area contributed by atoms with Crippen molar-refractivity contribution >= 4 is 5.97 Å². The van der Waals surface area contributed by atoms with E-state index in [0.29, 0.717) is 13.2 Å². The molecule has 1 aromatic rings. The smallest absolute Gasteiger partial charge is 0.345 e. The van der Waals surface area contributed by atoms with Crippen LogP contribution in [0.2, 0.25) is 0 Å². The highest BCUT2D eigenvalue weighted by molar-refractivity contribution is 5.84. The van der Waals surface area contributed by atoms with Gasteiger partial charge in [-0.2, -0.15) is 0 Å². The Bertz CT molecular complexity index is 379. The maximum atomic E-state index is 11.7. The number of hydrogen-bond acceptors (Lipinski definition) is 4. The lowest BCUT2D eigenvalue weighted by atomic mass is 10.0. The molecule has 0 N–H and O–H groups in total. The molecule has 86 valence electrons. The van der Waals surface area contributed by atoms with Crippen molar-refractivity contribution in [1.29, 1.82) is 0 Å². The largest absolute Gasteiger partial charge is 0.497 e. The minimum absolute atomic E-state index is 0.319. The van der Waals surface area contributed by atoms with Crippen LogP contribution in [0.5, 0.6) is 5.75 Å². The van der Waals surface area contributed by atoms with Gasteiger partial charge in [-0.15, -0.1) is 0 Å². The normalized spacial score (nSPS) is 22.6. The van der Waals surface area contributed by atoms with Crippen molar-refractivity contribution < 1.29 is 19.0 Å². The molecule has 4 nitrogen and oxygen atoms in total. The average molecular weight is 222 g/mol. The Hall–Kier alpha value is -1.55. The van der Waals surface area contributed by atoms with Gasteiger partial charge in [-0.1, -0.05) is 12.1 Å². The maximum Gasteiger partial charge on any atom is 0.345 e. The lowest BCUT2D eigenvalue weighted by Gasteiger charge is -2.11. The minimum atomic E-state index is -0.873. The predicted molar refractivity (Wildman–Crippen MR) is 57.3 cm³/mol. The fourth-order valence-electron chi connectivity index (χ4n) is 1.58. The van der Waals surface area contributed by atoms with Crippen LogP contribution in [-0.2, 0) is 19.9 Å². The van der Waals surface area contributed by atoms with E-state index in [9.17, 15) is 4.79 Å². The van der Waals surface area contributed by atoms with Crippen LogP contribution in [0.15, 0.2) is 24.3 Å². The van der Waals surface area contributed by atoms with Gasteiger partial charge in [-0.25, -0.2) is 4.79 Å². The van der Waals surface area contributed by atoms with Gasteiger partial charge in [0.25, 0.3) is 0 Å². The van der Waals surface area contributed by atoms with Crippen molar-refractivity contribution in [2.24, 2.45) is 0 Å². The van der Waals surface area contributed by atoms with Crippen LogP contribution >= 0.6 is 0 Å². The van der Waals surface area contributed by atoms with E-state index >= 15 is 0 Å². The van der Waals surface area contributed by atoms with Crippen molar-refractivity contribution in [3.05, 3.63) is 29.8 Å². The Morgan fingerprint density at radius 3 is 2.50 bits per heavy atom. The van der Waals surface area contributed by atoms with Gasteiger partial charge in [0, 0.05) is 0 Å². The molecule has 16 heavy (non-hydrogen) atoms. The zero-order valence-electron chi connectivity index (χ0n) is 9.36. The maximum absolute atomic E-state index is 11.7. The summed E-state index contributed by atoms with van der Waals surface area (Å²) in [6.45, 7) is 2.53. The average Bonchev–Trinajstić information content (AvgIpc) is 3.11. The summed E-state index contributed by atoms with van der Waals surface area (Å²) in [6.07, 6.45) is 0. The molecule has 2 rings (SSSR count). The van der Waals surface area contributed by atoms with Gasteiger partial charge in [-0.05, 0) is 24.6 Å². The first-order valence-electron chi connectivity index (χ1n) is 5.18. The summed E-state index contributed by atoms with van der Waals surface area (Å²) in [4.78, 5) is 11.7. The van der Waals surface area contributed by atoms with E-state index in [1.54, 1.807) is 26.2 Å². The number of ether oxygens (including phenoxy) is 3. The third-order valence-corrected chi connectivity index (χ3v) is 2.59. The lowest BCUT2D eigenvalue weighted by Crippen LogP contribution is -2.24. The molecule has 1 aromatic carbocycles. The molecule has 4 heteroatoms. The first kappa shape index (κ1) is 11.0. The van der Waals surface area contributed by atoms with E-state index in [2.05, 4.69) is 0 Å². The molecule has 1 aliphatic heterocycles. The highest BCUT2D eigenvalue weighted by Crippen LogP contribution is 2.40. The Balaban J connectivity index is 2.19. The molecule has 1 saturated heterocycles. The van der Waals surface area contributed by atoms with Gasteiger partial charge in [-0.3, -0.25) is 0 Å². The van der Waals surface area contributed by atoms with Crippen LogP contribution in [0.3, 0.4) is 0 Å². The van der Waals surface area contributed by atoms with E-state index in [-0.39, 0.29) is 5.97 Å². The number of carbonyl (C=O) groups is 1. The Labute approximate surface area is 94.1 Å². The number of benzene rings is 1. The molecule has 0 saturated carbocycles. The summed E-state index contributed by atoms with van der Waals surface area (Å²) in [7, 11) is 1.60. The van der Waals surface area contributed by atoms with Crippen LogP contribution in [-0.4, -0.2) is 26.3 Å². The third-order valence-electron chi connectivity index (χ3n) is 2.59. The summed E-state index contributed by atoms with van der Waals surface area (Å²) in [6, 6.07) is 7.25. The summed E-state index contributed by atoms with van der Waals surface area (Å²) in [5, 5.41) is 0. The molecule has 0 bridgehead atoms. The van der Waals surface area contributed by atoms with Crippen molar-refractivity contribution in [2.45, 2.75) is 12.5 Å². The Kier molecular flexibility index (Phi) is 2.83. The second-order valence-corrected chi connectivity index (χ2v) is 3.56. The quantitative estimate of drug-likeness (QED) is 0.572. The number of rotatable bonds is 4. The van der Waals surface area contributed by atoms with Crippen LogP contribution in [0.25, 0.3) is 0 Å². The van der Waals surface area contributed by atoms with Gasteiger partial charge in [0.15, 0.2) is 0 Å². The highest BCUT2D eigenvalue weighted by atomic mass is 16.6. The van der Waals surface area contributed by atoms with Crippen LogP contribution in [0.1, 0.15) is 12.5 Å². The van der Waals surface area contributed by atoms with E-state index in [1.807, 2.05) is 12.1 Å². The molecule has 0 aromatic heterocycles. The number of hydrogen-bond donors (Lipinski definition) is 0. The third kappa shape index (κ3) is 1.76. The predicted octanol–water partition coefficient (Wildman–Crippen LogP) is 1.48. The molecular formula is C12H14O4. The fraction of sp³-hybridized carbons (Fsp3) is 0.417. The molecule has 1 atom stereocenters. The van der Waals surface area contributed by atoms with E-state index < -0.39 is 5.60 Å². The summed E-state index contributed by atoms with van der Waals surface area (Å²) < 4.78 is 15.3. The monoisotopic (exact) mass is 222 g/mol. The molecule has 0 aliphatic carbocycles. The van der Waals surface area contributed by atoms with E-state index in [0.717, 1.165) is 11.3 Å². The van der Waals surface area contributed by atoms with Crippen molar-refractivity contribution in [1.82, 2.24) is 0 Å². The van der Waals surface area contributed by atoms with Gasteiger partial charge in [0.2, 0.25) is 5.60 Å². The zero-order valence-corrected chi connectivity index (χ0v) is 9.36. The van der Waals surface area contributed by atoms with Crippen LogP contribution in [0, 0.1) is 0 Å². The van der Waals surface area contributed by atoms with Crippen LogP contribution in [0.4, 0.5) is 0 Å². The lowest BCUT2D eigenvalue weighted by molar-refractivity contribution is -0.149. The summed E-state index contributed by atoms with van der Waals surface area (Å²) >= 11 is 0. The van der Waals surface area contributed by atoms with Crippen molar-refractivity contribution in [3.63, 3.8) is 0 Å². The topological polar surface area (TPSA) is 48.1 Å². The fourth-order valence-corrected chi connectivity index (χ4v) is 1.58. The van der Waals surface area contributed by atoms with Crippen molar-refractivity contribution in [2.75, 3.05) is 20.3 Å². The summed E-state index contributed by atoms with van der Waals surface area (Å²) in [5.41, 5.74) is -0.0609. The molecule has 0 unspecified atom stereocenters. The van der Waals surface area contributed by atoms with Gasteiger partial charge in [0.05, 0.1) is 20.3 Å². The molecular weight excluding hydrogens is 208 g/mol. The first-order valence-corrected chi connectivity index (χ1v) is 5.18. The molecule has 1 heterocycles. The van der Waals surface area contributed by atoms with Gasteiger partial charge < -0.3 is 14.2 Å². The number of methoxy groups -OCH3 is 1. The molecule has 1 aliphatic rings. The second kappa shape index (κ2) is 4.14. The minimum Gasteiger partial charge on any atom is -0.497 e. The SMILES string of the molecule is CCOC(=O)[C@]1(c2ccc(OC)cc2)CO1. The number of carbonyl (C=O) groups excluding carboxylic acids is 1. The number of epoxide rings is 1. The van der Waals surface area contributed by atoms with Crippen molar-refractivity contribution in [3.8, 4) is 5.75 Å². The van der Waals surface area contributed by atoms with E-state index in [4.69, 9.17) is 14.2 Å². The van der Waals surface area contributed by atoms with Gasteiger partial charge >= 0.3 is 5.97 Å². The molecule has 0 spiro atoms. The second-order valence-electron chi connectivity index (χ2n) is 3.56. The first-order chi connectivity index (χ1) is 7.73. The standard InChI is InChI=1S/C12H14O4/c1-3-15-11(13)12(8-16-12)9-4-6-10(14-2)7-5-9/h4-7H,3,8H2,1-2H3/t12-/m1/s1. The molecule has 0 radical (unpaired) electrons. The van der Waals surface area contributed by atoms with Gasteiger partial charge in [0.1, 0.15) is 5.75 Å². The molecule has 1 fully saturated rings. The number of esters is 1. The molecule has 0 amide bonds. The summed E-state index contributed by atoms with van der Waals surface area (Å²) in [5.74, 6) is 0.434. The Morgan fingerprint density at radius 1 is 1.44 bits per heavy atom.